The van der Waals surface area contributed by atoms with Crippen molar-refractivity contribution in [3.63, 3.8) is 0 Å². The van der Waals surface area contributed by atoms with Gasteiger partial charge in [0, 0.05) is 18.3 Å². The highest BCUT2D eigenvalue weighted by atomic mass is 32.1. The number of rotatable bonds is 6. The van der Waals surface area contributed by atoms with Crippen LogP contribution in [0.4, 0.5) is 11.5 Å². The third-order valence-electron chi connectivity index (χ3n) is 5.56. The van der Waals surface area contributed by atoms with Crippen molar-refractivity contribution in [3.05, 3.63) is 82.0 Å². The van der Waals surface area contributed by atoms with E-state index in [0.717, 1.165) is 32.6 Å². The Morgan fingerprint density at radius 3 is 2.48 bits per heavy atom. The number of amides is 2. The largest absolute Gasteiger partial charge is 0.355 e. The fraction of sp³-hybridized carbons (Fsp3) is 0.200. The van der Waals surface area contributed by atoms with Gasteiger partial charge in [-0.15, -0.1) is 11.3 Å². The fourth-order valence-corrected chi connectivity index (χ4v) is 4.69. The van der Waals surface area contributed by atoms with Crippen LogP contribution < -0.4 is 16.0 Å². The van der Waals surface area contributed by atoms with Gasteiger partial charge in [0.25, 0.3) is 11.8 Å². The van der Waals surface area contributed by atoms with Crippen LogP contribution in [-0.4, -0.2) is 28.8 Å². The molecule has 0 saturated carbocycles. The van der Waals surface area contributed by atoms with Gasteiger partial charge in [0.2, 0.25) is 0 Å². The summed E-state index contributed by atoms with van der Waals surface area (Å²) in [6.45, 7) is 5.83. The Balaban J connectivity index is 1.66. The summed E-state index contributed by atoms with van der Waals surface area (Å²) >= 11 is 1.34. The molecule has 0 aliphatic heterocycles. The molecule has 0 aliphatic rings. The summed E-state index contributed by atoms with van der Waals surface area (Å²) in [6, 6.07) is 15.2. The summed E-state index contributed by atoms with van der Waals surface area (Å²) in [5.74, 6) is 0.292. The summed E-state index contributed by atoms with van der Waals surface area (Å²) in [5.41, 5.74) is 4.14. The molecule has 3 N–H and O–H groups in total. The minimum absolute atomic E-state index is 0.123. The van der Waals surface area contributed by atoms with Crippen LogP contribution in [0, 0.1) is 13.8 Å². The third kappa shape index (κ3) is 4.56. The molecular formula is C25H25N5O2S. The SMILES string of the molecule is CNC(=O)c1ccc(C)c(Nc2ncnc3sc(C(=O)N[C@@H](C)c4ccccc4)c(C)c23)c1. The summed E-state index contributed by atoms with van der Waals surface area (Å²) in [6.07, 6.45) is 1.48. The molecule has 4 rings (SSSR count). The van der Waals surface area contributed by atoms with E-state index in [-0.39, 0.29) is 17.9 Å². The second kappa shape index (κ2) is 9.38. The zero-order chi connectivity index (χ0) is 23.5. The maximum Gasteiger partial charge on any atom is 0.262 e. The minimum atomic E-state index is -0.163. The summed E-state index contributed by atoms with van der Waals surface area (Å²) in [7, 11) is 1.60. The lowest BCUT2D eigenvalue weighted by molar-refractivity contribution is 0.0940. The lowest BCUT2D eigenvalue weighted by Crippen LogP contribution is -2.26. The molecule has 7 nitrogen and oxygen atoms in total. The van der Waals surface area contributed by atoms with E-state index in [0.29, 0.717) is 16.3 Å². The van der Waals surface area contributed by atoms with Crippen LogP contribution >= 0.6 is 11.3 Å². The van der Waals surface area contributed by atoms with Crippen molar-refractivity contribution in [1.29, 1.82) is 0 Å². The first-order valence-electron chi connectivity index (χ1n) is 10.6. The van der Waals surface area contributed by atoms with Gasteiger partial charge in [0.05, 0.1) is 16.3 Å². The monoisotopic (exact) mass is 459 g/mol. The molecular weight excluding hydrogens is 434 g/mol. The molecule has 0 bridgehead atoms. The number of fused-ring (bicyclic) bond motifs is 1. The number of hydrogen-bond donors (Lipinski definition) is 3. The number of anilines is 2. The lowest BCUT2D eigenvalue weighted by atomic mass is 10.1. The molecule has 0 aliphatic carbocycles. The topological polar surface area (TPSA) is 96.0 Å². The molecule has 4 aromatic rings. The molecule has 168 valence electrons. The molecule has 33 heavy (non-hydrogen) atoms. The average molecular weight is 460 g/mol. The number of hydrogen-bond acceptors (Lipinski definition) is 6. The summed E-state index contributed by atoms with van der Waals surface area (Å²) < 4.78 is 0. The first-order chi connectivity index (χ1) is 15.9. The van der Waals surface area contributed by atoms with Crippen LogP contribution in [0.2, 0.25) is 0 Å². The van der Waals surface area contributed by atoms with E-state index in [2.05, 4.69) is 25.9 Å². The van der Waals surface area contributed by atoms with E-state index in [1.807, 2.05) is 57.2 Å². The summed E-state index contributed by atoms with van der Waals surface area (Å²) in [4.78, 5) is 35.3. The Kier molecular flexibility index (Phi) is 6.37. The predicted molar refractivity (Wildman–Crippen MR) is 132 cm³/mol. The maximum absolute atomic E-state index is 13.1. The van der Waals surface area contributed by atoms with Gasteiger partial charge in [-0.25, -0.2) is 9.97 Å². The van der Waals surface area contributed by atoms with Crippen LogP contribution in [0.25, 0.3) is 10.2 Å². The van der Waals surface area contributed by atoms with Crippen LogP contribution in [0.15, 0.2) is 54.9 Å². The molecule has 0 spiro atoms. The van der Waals surface area contributed by atoms with Gasteiger partial charge in [0.15, 0.2) is 0 Å². The van der Waals surface area contributed by atoms with Crippen molar-refractivity contribution in [3.8, 4) is 0 Å². The normalized spacial score (nSPS) is 11.8. The molecule has 0 unspecified atom stereocenters. The van der Waals surface area contributed by atoms with E-state index in [1.54, 1.807) is 19.2 Å². The highest BCUT2D eigenvalue weighted by molar-refractivity contribution is 7.20. The number of thiophene rings is 1. The van der Waals surface area contributed by atoms with Crippen LogP contribution in [0.3, 0.4) is 0 Å². The van der Waals surface area contributed by atoms with Gasteiger partial charge < -0.3 is 16.0 Å². The number of benzene rings is 2. The zero-order valence-electron chi connectivity index (χ0n) is 18.9. The molecule has 1 atom stereocenters. The molecule has 8 heteroatoms. The van der Waals surface area contributed by atoms with E-state index >= 15 is 0 Å². The van der Waals surface area contributed by atoms with Crippen molar-refractivity contribution >= 4 is 44.9 Å². The fourth-order valence-electron chi connectivity index (χ4n) is 3.64. The highest BCUT2D eigenvalue weighted by Gasteiger charge is 2.21. The number of nitrogens with zero attached hydrogens (tertiary/aromatic N) is 2. The Morgan fingerprint density at radius 2 is 1.76 bits per heavy atom. The molecule has 2 aromatic carbocycles. The maximum atomic E-state index is 13.1. The minimum Gasteiger partial charge on any atom is -0.355 e. The van der Waals surface area contributed by atoms with Crippen molar-refractivity contribution < 1.29 is 9.59 Å². The summed E-state index contributed by atoms with van der Waals surface area (Å²) in [5, 5.41) is 9.85. The first kappa shape index (κ1) is 22.4. The predicted octanol–water partition coefficient (Wildman–Crippen LogP) is 4.90. The Hall–Kier alpha value is -3.78. The van der Waals surface area contributed by atoms with E-state index in [4.69, 9.17) is 0 Å². The van der Waals surface area contributed by atoms with Gasteiger partial charge >= 0.3 is 0 Å². The smallest absolute Gasteiger partial charge is 0.262 e. The van der Waals surface area contributed by atoms with Gasteiger partial charge in [-0.05, 0) is 49.6 Å². The molecule has 2 aromatic heterocycles. The van der Waals surface area contributed by atoms with Crippen molar-refractivity contribution in [1.82, 2.24) is 20.6 Å². The zero-order valence-corrected chi connectivity index (χ0v) is 19.7. The van der Waals surface area contributed by atoms with Crippen LogP contribution in [0.5, 0.6) is 0 Å². The first-order valence-corrected chi connectivity index (χ1v) is 11.4. The third-order valence-corrected chi connectivity index (χ3v) is 6.76. The van der Waals surface area contributed by atoms with E-state index in [9.17, 15) is 9.59 Å². The Labute approximate surface area is 196 Å². The average Bonchev–Trinajstić information content (AvgIpc) is 3.18. The van der Waals surface area contributed by atoms with Gasteiger partial charge in [-0.3, -0.25) is 9.59 Å². The van der Waals surface area contributed by atoms with Crippen molar-refractivity contribution in [2.45, 2.75) is 26.8 Å². The second-order valence-corrected chi connectivity index (χ2v) is 8.80. The standard InChI is InChI=1S/C25H25N5O2S/c1-14-10-11-18(23(31)26-4)12-19(14)30-22-20-15(2)21(33-25(20)28-13-27-22)24(32)29-16(3)17-8-6-5-7-9-17/h5-13,16H,1-4H3,(H,26,31)(H,29,32)(H,27,28,30)/t16-/m0/s1. The van der Waals surface area contributed by atoms with Crippen LogP contribution in [0.1, 0.15) is 49.7 Å². The van der Waals surface area contributed by atoms with Gasteiger partial charge in [-0.1, -0.05) is 36.4 Å². The Bertz CT molecular complexity index is 1330. The molecule has 0 radical (unpaired) electrons. The Morgan fingerprint density at radius 1 is 1.00 bits per heavy atom. The van der Waals surface area contributed by atoms with E-state index in [1.165, 1.54) is 17.7 Å². The number of nitrogens with one attached hydrogen (secondary N) is 3. The molecule has 0 saturated heterocycles. The quantitative estimate of drug-likeness (QED) is 0.381. The van der Waals surface area contributed by atoms with E-state index < -0.39 is 0 Å². The molecule has 0 fully saturated rings. The number of carbonyl (C=O) groups excluding carboxylic acids is 2. The molecule has 2 amide bonds. The second-order valence-electron chi connectivity index (χ2n) is 7.80. The van der Waals surface area contributed by atoms with Crippen molar-refractivity contribution in [2.24, 2.45) is 0 Å². The number of carbonyl (C=O) groups is 2. The number of aryl methyl sites for hydroxylation is 2. The highest BCUT2D eigenvalue weighted by Crippen LogP contribution is 2.35. The van der Waals surface area contributed by atoms with Crippen molar-refractivity contribution in [2.75, 3.05) is 12.4 Å². The number of aromatic nitrogens is 2. The van der Waals surface area contributed by atoms with Gasteiger partial charge in [-0.2, -0.15) is 0 Å². The lowest BCUT2D eigenvalue weighted by Gasteiger charge is -2.14. The molecule has 2 heterocycles. The van der Waals surface area contributed by atoms with Crippen LogP contribution in [-0.2, 0) is 0 Å². The van der Waals surface area contributed by atoms with Gasteiger partial charge in [0.1, 0.15) is 17.0 Å².